The van der Waals surface area contributed by atoms with Gasteiger partial charge in [-0.15, -0.1) is 12.4 Å². The minimum absolute atomic E-state index is 0. The van der Waals surface area contributed by atoms with Gasteiger partial charge >= 0.3 is 0 Å². The predicted octanol–water partition coefficient (Wildman–Crippen LogP) is 5.36. The van der Waals surface area contributed by atoms with Gasteiger partial charge in [-0.3, -0.25) is 4.99 Å². The normalized spacial score (nSPS) is 10.2. The van der Waals surface area contributed by atoms with E-state index in [-0.39, 0.29) is 12.4 Å². The highest BCUT2D eigenvalue weighted by molar-refractivity contribution is 5.85. The summed E-state index contributed by atoms with van der Waals surface area (Å²) in [4.78, 5) is 4.63. The van der Waals surface area contributed by atoms with E-state index < -0.39 is 0 Å². The number of unbranched alkanes of at least 4 members (excludes halogenated alkanes) is 7. The number of aryl methyl sites for hydroxylation is 1. The van der Waals surface area contributed by atoms with Gasteiger partial charge in [-0.05, 0) is 25.0 Å². The molecular formula is C18H33ClN2. The molecule has 1 aromatic rings. The van der Waals surface area contributed by atoms with Crippen molar-refractivity contribution < 1.29 is 0 Å². The van der Waals surface area contributed by atoms with Crippen molar-refractivity contribution in [3.8, 4) is 0 Å². The molecule has 0 unspecified atom stereocenters. The van der Waals surface area contributed by atoms with E-state index in [2.05, 4.69) is 47.9 Å². The summed E-state index contributed by atoms with van der Waals surface area (Å²) in [5.74, 6) is 0. The van der Waals surface area contributed by atoms with E-state index in [1.54, 1.807) is 0 Å². The van der Waals surface area contributed by atoms with Crippen LogP contribution in [0.4, 0.5) is 0 Å². The molecule has 0 aromatic carbocycles. The number of pyridine rings is 1. The molecule has 0 saturated carbocycles. The molecule has 2 nitrogen and oxygen atoms in total. The van der Waals surface area contributed by atoms with Gasteiger partial charge in [0.1, 0.15) is 0 Å². The Kier molecular flexibility index (Phi) is 13.7. The van der Waals surface area contributed by atoms with Gasteiger partial charge in [-0.2, -0.15) is 0 Å². The van der Waals surface area contributed by atoms with Crippen LogP contribution in [-0.2, 0) is 6.54 Å². The van der Waals surface area contributed by atoms with Gasteiger partial charge in [-0.1, -0.05) is 58.8 Å². The zero-order chi connectivity index (χ0) is 14.5. The van der Waals surface area contributed by atoms with Gasteiger partial charge in [-0.25, -0.2) is 0 Å². The quantitative estimate of drug-likeness (QED) is 0.489. The van der Waals surface area contributed by atoms with Crippen molar-refractivity contribution in [3.63, 3.8) is 0 Å². The first-order valence-electron chi connectivity index (χ1n) is 8.53. The minimum Gasteiger partial charge on any atom is -0.354 e. The summed E-state index contributed by atoms with van der Waals surface area (Å²) in [5.41, 5.74) is 0. The molecule has 122 valence electrons. The summed E-state index contributed by atoms with van der Waals surface area (Å²) >= 11 is 0. The van der Waals surface area contributed by atoms with Crippen molar-refractivity contribution in [3.05, 3.63) is 29.9 Å². The Morgan fingerprint density at radius 1 is 0.810 bits per heavy atom. The van der Waals surface area contributed by atoms with Gasteiger partial charge in [0.2, 0.25) is 0 Å². The van der Waals surface area contributed by atoms with Crippen LogP contribution < -0.4 is 5.36 Å². The molecule has 0 aliphatic heterocycles. The van der Waals surface area contributed by atoms with Gasteiger partial charge in [0.25, 0.3) is 0 Å². The van der Waals surface area contributed by atoms with E-state index in [0.717, 1.165) is 18.4 Å². The SMILES string of the molecule is CCCCCCCn1ccc(=NCCCCCC)cc1.Cl. The first kappa shape index (κ1) is 20.2. The van der Waals surface area contributed by atoms with Crippen LogP contribution in [0.25, 0.3) is 0 Å². The summed E-state index contributed by atoms with van der Waals surface area (Å²) in [5, 5.41) is 1.13. The fourth-order valence-corrected chi connectivity index (χ4v) is 2.35. The molecule has 0 fully saturated rings. The third kappa shape index (κ3) is 10.6. The molecule has 1 heterocycles. The lowest BCUT2D eigenvalue weighted by molar-refractivity contribution is 0.566. The number of hydrogen-bond acceptors (Lipinski definition) is 1. The number of hydrogen-bond donors (Lipinski definition) is 0. The largest absolute Gasteiger partial charge is 0.354 e. The average molecular weight is 313 g/mol. The Labute approximate surface area is 137 Å². The van der Waals surface area contributed by atoms with Crippen molar-refractivity contribution in [1.82, 2.24) is 4.57 Å². The fourth-order valence-electron chi connectivity index (χ4n) is 2.35. The van der Waals surface area contributed by atoms with Crippen LogP contribution in [0.3, 0.4) is 0 Å². The molecule has 0 amide bonds. The third-order valence-electron chi connectivity index (χ3n) is 3.70. The molecule has 0 N–H and O–H groups in total. The number of aromatic nitrogens is 1. The van der Waals surface area contributed by atoms with Crippen molar-refractivity contribution in [1.29, 1.82) is 0 Å². The van der Waals surface area contributed by atoms with Gasteiger partial charge in [0, 0.05) is 25.5 Å². The van der Waals surface area contributed by atoms with Gasteiger partial charge in [0.15, 0.2) is 0 Å². The number of nitrogens with zero attached hydrogens (tertiary/aromatic N) is 2. The first-order chi connectivity index (χ1) is 9.86. The summed E-state index contributed by atoms with van der Waals surface area (Å²) in [6, 6.07) is 4.29. The maximum atomic E-state index is 4.63. The van der Waals surface area contributed by atoms with E-state index >= 15 is 0 Å². The molecule has 0 aliphatic carbocycles. The van der Waals surface area contributed by atoms with Crippen molar-refractivity contribution in [2.75, 3.05) is 6.54 Å². The molecule has 0 radical (unpaired) electrons. The van der Waals surface area contributed by atoms with E-state index in [9.17, 15) is 0 Å². The highest BCUT2D eigenvalue weighted by Crippen LogP contribution is 2.03. The molecule has 0 spiro atoms. The monoisotopic (exact) mass is 312 g/mol. The van der Waals surface area contributed by atoms with Crippen LogP contribution in [0.5, 0.6) is 0 Å². The zero-order valence-corrected chi connectivity index (χ0v) is 14.7. The van der Waals surface area contributed by atoms with Crippen LogP contribution >= 0.6 is 12.4 Å². The average Bonchev–Trinajstić information content (AvgIpc) is 2.48. The Balaban J connectivity index is 0.00000400. The van der Waals surface area contributed by atoms with Crippen LogP contribution in [0.1, 0.15) is 71.6 Å². The van der Waals surface area contributed by atoms with Crippen molar-refractivity contribution >= 4 is 12.4 Å². The summed E-state index contributed by atoms with van der Waals surface area (Å²) in [6.45, 7) is 6.62. The van der Waals surface area contributed by atoms with Crippen molar-refractivity contribution in [2.24, 2.45) is 4.99 Å². The topological polar surface area (TPSA) is 17.3 Å². The van der Waals surface area contributed by atoms with Crippen molar-refractivity contribution in [2.45, 2.75) is 78.2 Å². The van der Waals surface area contributed by atoms with E-state index in [4.69, 9.17) is 0 Å². The maximum Gasteiger partial charge on any atom is 0.0603 e. The van der Waals surface area contributed by atoms with Crippen LogP contribution in [0, 0.1) is 0 Å². The summed E-state index contributed by atoms with van der Waals surface area (Å²) in [7, 11) is 0. The number of halogens is 1. The lowest BCUT2D eigenvalue weighted by Crippen LogP contribution is -2.06. The van der Waals surface area contributed by atoms with E-state index in [1.807, 2.05) is 0 Å². The van der Waals surface area contributed by atoms with Crippen LogP contribution in [-0.4, -0.2) is 11.1 Å². The Bertz CT molecular complexity index is 378. The fraction of sp³-hybridized carbons (Fsp3) is 0.722. The van der Waals surface area contributed by atoms with E-state index in [1.165, 1.54) is 57.8 Å². The summed E-state index contributed by atoms with van der Waals surface area (Å²) in [6.07, 6.45) is 16.2. The molecule has 3 heteroatoms. The zero-order valence-electron chi connectivity index (χ0n) is 13.9. The summed E-state index contributed by atoms with van der Waals surface area (Å²) < 4.78 is 2.28. The lowest BCUT2D eigenvalue weighted by Gasteiger charge is -2.05. The molecule has 1 aromatic heterocycles. The molecule has 0 atom stereocenters. The Morgan fingerprint density at radius 3 is 2.00 bits per heavy atom. The second-order valence-corrected chi connectivity index (χ2v) is 5.65. The second kappa shape index (κ2) is 14.2. The highest BCUT2D eigenvalue weighted by Gasteiger charge is 1.91. The molecule has 21 heavy (non-hydrogen) atoms. The Morgan fingerprint density at radius 2 is 1.38 bits per heavy atom. The van der Waals surface area contributed by atoms with Gasteiger partial charge in [0.05, 0.1) is 5.36 Å². The lowest BCUT2D eigenvalue weighted by atomic mass is 10.1. The van der Waals surface area contributed by atoms with E-state index in [0.29, 0.717) is 0 Å². The van der Waals surface area contributed by atoms with Crippen LogP contribution in [0.2, 0.25) is 0 Å². The molecule has 1 rings (SSSR count). The highest BCUT2D eigenvalue weighted by atomic mass is 35.5. The third-order valence-corrected chi connectivity index (χ3v) is 3.70. The molecule has 0 bridgehead atoms. The molecule has 0 aliphatic rings. The molecular weight excluding hydrogens is 280 g/mol. The van der Waals surface area contributed by atoms with Crippen LogP contribution in [0.15, 0.2) is 29.5 Å². The predicted molar refractivity (Wildman–Crippen MR) is 95.0 cm³/mol. The molecule has 0 saturated heterocycles. The second-order valence-electron chi connectivity index (χ2n) is 5.65. The smallest absolute Gasteiger partial charge is 0.0603 e. The maximum absolute atomic E-state index is 4.63. The Hall–Kier alpha value is -0.760. The number of rotatable bonds is 11. The first-order valence-corrected chi connectivity index (χ1v) is 8.53. The standard InChI is InChI=1S/C18H32N2.ClH/c1-3-5-7-9-11-15-20-16-12-18(13-17-20)19-14-10-8-6-4-2;/h12-13,16-17H,3-11,14-15H2,1-2H3;1H. The van der Waals surface area contributed by atoms with Gasteiger partial charge < -0.3 is 4.57 Å². The minimum atomic E-state index is 0.